The summed E-state index contributed by atoms with van der Waals surface area (Å²) in [5, 5.41) is 0. The maximum atomic E-state index is 12.7. The van der Waals surface area contributed by atoms with Crippen molar-refractivity contribution >= 4 is 5.91 Å². The SMILES string of the molecule is COCCN1CCN(C(=O)c2ccc(-c3cccc(OC)c3)o2)CC1. The van der Waals surface area contributed by atoms with E-state index in [-0.39, 0.29) is 5.91 Å². The van der Waals surface area contributed by atoms with E-state index in [4.69, 9.17) is 13.9 Å². The van der Waals surface area contributed by atoms with Crippen molar-refractivity contribution in [2.75, 3.05) is 53.6 Å². The number of piperazine rings is 1. The lowest BCUT2D eigenvalue weighted by molar-refractivity contribution is 0.0566. The van der Waals surface area contributed by atoms with E-state index in [9.17, 15) is 4.79 Å². The van der Waals surface area contributed by atoms with Crippen molar-refractivity contribution in [1.82, 2.24) is 9.80 Å². The van der Waals surface area contributed by atoms with E-state index >= 15 is 0 Å². The maximum absolute atomic E-state index is 12.7. The summed E-state index contributed by atoms with van der Waals surface area (Å²) in [4.78, 5) is 16.8. The summed E-state index contributed by atoms with van der Waals surface area (Å²) < 4.78 is 16.1. The van der Waals surface area contributed by atoms with Crippen molar-refractivity contribution < 1.29 is 18.7 Å². The summed E-state index contributed by atoms with van der Waals surface area (Å²) >= 11 is 0. The predicted octanol–water partition coefficient (Wildman–Crippen LogP) is 2.36. The number of ether oxygens (including phenoxy) is 2. The molecule has 1 aliphatic heterocycles. The molecule has 2 aromatic rings. The topological polar surface area (TPSA) is 55.2 Å². The molecule has 25 heavy (non-hydrogen) atoms. The predicted molar refractivity (Wildman–Crippen MR) is 94.9 cm³/mol. The number of hydrogen-bond acceptors (Lipinski definition) is 5. The van der Waals surface area contributed by atoms with Gasteiger partial charge in [0.2, 0.25) is 0 Å². The molecule has 0 saturated carbocycles. The molecule has 1 fully saturated rings. The molecule has 0 unspecified atom stereocenters. The van der Waals surface area contributed by atoms with Gasteiger partial charge in [0.15, 0.2) is 5.76 Å². The number of furan rings is 1. The summed E-state index contributed by atoms with van der Waals surface area (Å²) in [6.07, 6.45) is 0. The van der Waals surface area contributed by atoms with Crippen LogP contribution in [-0.2, 0) is 4.74 Å². The van der Waals surface area contributed by atoms with Crippen LogP contribution in [0.3, 0.4) is 0 Å². The molecule has 0 aliphatic carbocycles. The highest BCUT2D eigenvalue weighted by Gasteiger charge is 2.24. The molecule has 6 nitrogen and oxygen atoms in total. The third kappa shape index (κ3) is 4.21. The van der Waals surface area contributed by atoms with Gasteiger partial charge in [-0.3, -0.25) is 9.69 Å². The van der Waals surface area contributed by atoms with Gasteiger partial charge in [0.05, 0.1) is 13.7 Å². The van der Waals surface area contributed by atoms with Crippen molar-refractivity contribution in [3.05, 3.63) is 42.2 Å². The van der Waals surface area contributed by atoms with Crippen LogP contribution in [0.5, 0.6) is 5.75 Å². The first-order valence-corrected chi connectivity index (χ1v) is 8.46. The Balaban J connectivity index is 1.63. The van der Waals surface area contributed by atoms with Crippen LogP contribution >= 0.6 is 0 Å². The van der Waals surface area contributed by atoms with Crippen LogP contribution in [0.15, 0.2) is 40.8 Å². The minimum absolute atomic E-state index is 0.0551. The molecule has 1 saturated heterocycles. The zero-order chi connectivity index (χ0) is 17.6. The molecule has 134 valence electrons. The number of carbonyl (C=O) groups is 1. The number of benzene rings is 1. The average molecular weight is 344 g/mol. The first-order valence-electron chi connectivity index (χ1n) is 8.46. The molecule has 0 radical (unpaired) electrons. The van der Waals surface area contributed by atoms with Gasteiger partial charge in [-0.15, -0.1) is 0 Å². The molecular weight excluding hydrogens is 320 g/mol. The maximum Gasteiger partial charge on any atom is 0.289 e. The highest BCUT2D eigenvalue weighted by molar-refractivity contribution is 5.92. The number of carbonyl (C=O) groups excluding carboxylic acids is 1. The Bertz CT molecular complexity index is 705. The molecule has 0 N–H and O–H groups in total. The fraction of sp³-hybridized carbons (Fsp3) is 0.421. The minimum atomic E-state index is -0.0551. The standard InChI is InChI=1S/C19H24N2O4/c1-23-13-12-20-8-10-21(11-9-20)19(22)18-7-6-17(25-18)15-4-3-5-16(14-15)24-2/h3-7,14H,8-13H2,1-2H3. The summed E-state index contributed by atoms with van der Waals surface area (Å²) in [6, 6.07) is 11.2. The molecule has 3 rings (SSSR count). The fourth-order valence-electron chi connectivity index (χ4n) is 2.94. The zero-order valence-corrected chi connectivity index (χ0v) is 14.7. The Labute approximate surface area is 147 Å². The van der Waals surface area contributed by atoms with Crippen molar-refractivity contribution in [3.8, 4) is 17.1 Å². The smallest absolute Gasteiger partial charge is 0.289 e. The second-order valence-electron chi connectivity index (χ2n) is 6.02. The zero-order valence-electron chi connectivity index (χ0n) is 14.7. The first kappa shape index (κ1) is 17.5. The van der Waals surface area contributed by atoms with Gasteiger partial charge in [-0.05, 0) is 24.3 Å². The van der Waals surface area contributed by atoms with Crippen LogP contribution < -0.4 is 4.74 Å². The summed E-state index contributed by atoms with van der Waals surface area (Å²) in [7, 11) is 3.33. The monoisotopic (exact) mass is 344 g/mol. The molecule has 1 aromatic heterocycles. The van der Waals surface area contributed by atoms with E-state index < -0.39 is 0 Å². The third-order valence-corrected chi connectivity index (χ3v) is 4.44. The first-order chi connectivity index (χ1) is 12.2. The van der Waals surface area contributed by atoms with Crippen molar-refractivity contribution in [2.24, 2.45) is 0 Å². The lowest BCUT2D eigenvalue weighted by atomic mass is 10.1. The van der Waals surface area contributed by atoms with Gasteiger partial charge in [-0.1, -0.05) is 12.1 Å². The molecular formula is C19H24N2O4. The molecule has 1 aromatic carbocycles. The second-order valence-corrected chi connectivity index (χ2v) is 6.02. The van der Waals surface area contributed by atoms with Crippen LogP contribution in [-0.4, -0.2) is 69.3 Å². The van der Waals surface area contributed by atoms with Gasteiger partial charge < -0.3 is 18.8 Å². The number of rotatable bonds is 6. The summed E-state index contributed by atoms with van der Waals surface area (Å²) in [5.41, 5.74) is 0.891. The Kier molecular flexibility index (Phi) is 5.73. The highest BCUT2D eigenvalue weighted by Crippen LogP contribution is 2.26. The van der Waals surface area contributed by atoms with Gasteiger partial charge in [0, 0.05) is 45.4 Å². The van der Waals surface area contributed by atoms with Gasteiger partial charge >= 0.3 is 0 Å². The minimum Gasteiger partial charge on any atom is -0.497 e. The number of methoxy groups -OCH3 is 2. The molecule has 1 amide bonds. The molecule has 2 heterocycles. The molecule has 0 atom stereocenters. The Morgan fingerprint density at radius 3 is 2.64 bits per heavy atom. The van der Waals surface area contributed by atoms with Crippen LogP contribution in [0, 0.1) is 0 Å². The fourth-order valence-corrected chi connectivity index (χ4v) is 2.94. The molecule has 1 aliphatic rings. The number of hydrogen-bond donors (Lipinski definition) is 0. The second kappa shape index (κ2) is 8.18. The van der Waals surface area contributed by atoms with E-state index in [0.717, 1.165) is 37.6 Å². The lowest BCUT2D eigenvalue weighted by Crippen LogP contribution is -2.49. The average Bonchev–Trinajstić information content (AvgIpc) is 3.16. The Morgan fingerprint density at radius 2 is 1.92 bits per heavy atom. The summed E-state index contributed by atoms with van der Waals surface area (Å²) in [6.45, 7) is 4.75. The van der Waals surface area contributed by atoms with E-state index in [1.165, 1.54) is 0 Å². The molecule has 0 bridgehead atoms. The highest BCUT2D eigenvalue weighted by atomic mass is 16.5. The molecule has 0 spiro atoms. The lowest BCUT2D eigenvalue weighted by Gasteiger charge is -2.34. The van der Waals surface area contributed by atoms with Crippen molar-refractivity contribution in [1.29, 1.82) is 0 Å². The van der Waals surface area contributed by atoms with Crippen LogP contribution in [0.1, 0.15) is 10.6 Å². The quantitative estimate of drug-likeness (QED) is 0.805. The van der Waals surface area contributed by atoms with Gasteiger partial charge in [-0.2, -0.15) is 0 Å². The Morgan fingerprint density at radius 1 is 1.12 bits per heavy atom. The van der Waals surface area contributed by atoms with Crippen molar-refractivity contribution in [2.45, 2.75) is 0 Å². The van der Waals surface area contributed by atoms with Crippen molar-refractivity contribution in [3.63, 3.8) is 0 Å². The third-order valence-electron chi connectivity index (χ3n) is 4.44. The van der Waals surface area contributed by atoms with Crippen LogP contribution in [0.2, 0.25) is 0 Å². The normalized spacial score (nSPS) is 15.4. The summed E-state index contributed by atoms with van der Waals surface area (Å²) in [5.74, 6) is 1.75. The van der Waals surface area contributed by atoms with E-state index in [1.807, 2.05) is 35.2 Å². The largest absolute Gasteiger partial charge is 0.497 e. The van der Waals surface area contributed by atoms with Gasteiger partial charge in [-0.25, -0.2) is 0 Å². The van der Waals surface area contributed by atoms with E-state index in [0.29, 0.717) is 24.6 Å². The van der Waals surface area contributed by atoms with Gasteiger partial charge in [0.25, 0.3) is 5.91 Å². The Hall–Kier alpha value is -2.31. The number of amides is 1. The van der Waals surface area contributed by atoms with Crippen LogP contribution in [0.4, 0.5) is 0 Å². The number of nitrogens with zero attached hydrogens (tertiary/aromatic N) is 2. The van der Waals surface area contributed by atoms with E-state index in [1.54, 1.807) is 20.3 Å². The van der Waals surface area contributed by atoms with Crippen LogP contribution in [0.25, 0.3) is 11.3 Å². The van der Waals surface area contributed by atoms with E-state index in [2.05, 4.69) is 4.90 Å². The van der Waals surface area contributed by atoms with Gasteiger partial charge in [0.1, 0.15) is 11.5 Å². The molecule has 6 heteroatoms.